The zero-order valence-corrected chi connectivity index (χ0v) is 8.78. The molecule has 0 aliphatic rings. The molecule has 100 valence electrons. The maximum Gasteiger partial charge on any atom is 0.414 e. The Morgan fingerprint density at radius 3 is 2.12 bits per heavy atom. The normalized spacial score (nSPS) is 15.2. The van der Waals surface area contributed by atoms with E-state index in [4.69, 9.17) is 5.11 Å². The van der Waals surface area contributed by atoms with Gasteiger partial charge in [0.05, 0.1) is 0 Å². The highest BCUT2D eigenvalue weighted by Gasteiger charge is 2.43. The van der Waals surface area contributed by atoms with E-state index in [-0.39, 0.29) is 12.8 Å². The van der Waals surface area contributed by atoms with Gasteiger partial charge in [0.25, 0.3) is 0 Å². The van der Waals surface area contributed by atoms with Crippen molar-refractivity contribution in [2.45, 2.75) is 31.5 Å². The predicted molar refractivity (Wildman–Crippen MR) is 49.9 cm³/mol. The lowest BCUT2D eigenvalue weighted by Crippen LogP contribution is -2.36. The van der Waals surface area contributed by atoms with E-state index in [1.165, 1.54) is 6.08 Å². The third-order valence-corrected chi connectivity index (χ3v) is 2.17. The van der Waals surface area contributed by atoms with Crippen molar-refractivity contribution in [2.24, 2.45) is 5.92 Å². The van der Waals surface area contributed by atoms with Crippen LogP contribution in [0.1, 0.15) is 19.3 Å². The summed E-state index contributed by atoms with van der Waals surface area (Å²) in [7, 11) is 0. The standard InChI is InChI=1S/C10H12F6O/c1-2-3-4-6(5-7(11)9(12)13)8(17)10(14,15)16/h2,6,8,17H,1,3-5H2. The number of alkyl halides is 3. The number of halogens is 6. The Morgan fingerprint density at radius 1 is 1.24 bits per heavy atom. The Balaban J connectivity index is 4.76. The largest absolute Gasteiger partial charge is 0.414 e. The summed E-state index contributed by atoms with van der Waals surface area (Å²) in [5, 5.41) is 8.91. The molecule has 2 unspecified atom stereocenters. The van der Waals surface area contributed by atoms with Gasteiger partial charge < -0.3 is 5.11 Å². The van der Waals surface area contributed by atoms with E-state index in [0.29, 0.717) is 0 Å². The molecule has 0 bridgehead atoms. The van der Waals surface area contributed by atoms with Gasteiger partial charge in [-0.3, -0.25) is 0 Å². The molecule has 0 aliphatic heterocycles. The van der Waals surface area contributed by atoms with E-state index < -0.39 is 36.5 Å². The zero-order valence-electron chi connectivity index (χ0n) is 8.78. The van der Waals surface area contributed by atoms with Gasteiger partial charge in [0.15, 0.2) is 11.9 Å². The van der Waals surface area contributed by atoms with Crippen LogP contribution in [0.2, 0.25) is 0 Å². The molecule has 0 saturated heterocycles. The van der Waals surface area contributed by atoms with Crippen LogP contribution in [0.25, 0.3) is 0 Å². The van der Waals surface area contributed by atoms with E-state index in [0.717, 1.165) is 0 Å². The molecule has 2 atom stereocenters. The van der Waals surface area contributed by atoms with Crippen LogP contribution in [-0.4, -0.2) is 17.4 Å². The van der Waals surface area contributed by atoms with Crippen LogP contribution in [0.5, 0.6) is 0 Å². The molecule has 7 heteroatoms. The van der Waals surface area contributed by atoms with E-state index in [9.17, 15) is 26.3 Å². The third-order valence-electron chi connectivity index (χ3n) is 2.17. The number of aliphatic hydroxyl groups is 1. The lowest BCUT2D eigenvalue weighted by atomic mass is 9.92. The monoisotopic (exact) mass is 262 g/mol. The molecule has 17 heavy (non-hydrogen) atoms. The summed E-state index contributed by atoms with van der Waals surface area (Å²) in [5.74, 6) is -3.57. The Morgan fingerprint density at radius 2 is 1.76 bits per heavy atom. The summed E-state index contributed by atoms with van der Waals surface area (Å²) in [6.07, 6.45) is -10.5. The molecule has 0 heterocycles. The molecule has 0 radical (unpaired) electrons. The number of allylic oxidation sites excluding steroid dienone is 2. The van der Waals surface area contributed by atoms with Crippen molar-refractivity contribution in [3.8, 4) is 0 Å². The topological polar surface area (TPSA) is 20.2 Å². The van der Waals surface area contributed by atoms with E-state index in [2.05, 4.69) is 6.58 Å². The molecule has 0 saturated carbocycles. The predicted octanol–water partition coefficient (Wildman–Crippen LogP) is 3.96. The van der Waals surface area contributed by atoms with Gasteiger partial charge in [-0.05, 0) is 12.8 Å². The fourth-order valence-electron chi connectivity index (χ4n) is 1.28. The van der Waals surface area contributed by atoms with Gasteiger partial charge in [0.1, 0.15) is 0 Å². The first kappa shape index (κ1) is 16.0. The fourth-order valence-corrected chi connectivity index (χ4v) is 1.28. The second-order valence-electron chi connectivity index (χ2n) is 3.48. The molecule has 0 aromatic heterocycles. The first-order valence-corrected chi connectivity index (χ1v) is 4.75. The van der Waals surface area contributed by atoms with Gasteiger partial charge in [0.2, 0.25) is 0 Å². The van der Waals surface area contributed by atoms with E-state index in [1.54, 1.807) is 0 Å². The number of hydrogen-bond acceptors (Lipinski definition) is 1. The highest BCUT2D eigenvalue weighted by atomic mass is 19.4. The Bertz CT molecular complexity index is 279. The second kappa shape index (κ2) is 6.68. The number of aliphatic hydroxyl groups excluding tert-OH is 1. The van der Waals surface area contributed by atoms with Crippen molar-refractivity contribution in [1.29, 1.82) is 0 Å². The average molecular weight is 262 g/mol. The molecule has 0 spiro atoms. The molecule has 1 N–H and O–H groups in total. The number of hydrogen-bond donors (Lipinski definition) is 1. The van der Waals surface area contributed by atoms with E-state index in [1.807, 2.05) is 0 Å². The van der Waals surface area contributed by atoms with Crippen molar-refractivity contribution >= 4 is 0 Å². The third kappa shape index (κ3) is 5.76. The van der Waals surface area contributed by atoms with Crippen LogP contribution in [0, 0.1) is 5.92 Å². The average Bonchev–Trinajstić information content (AvgIpc) is 2.21. The first-order valence-electron chi connectivity index (χ1n) is 4.75. The molecular formula is C10H12F6O. The Labute approximate surface area is 94.4 Å². The van der Waals surface area contributed by atoms with Crippen molar-refractivity contribution in [2.75, 3.05) is 0 Å². The van der Waals surface area contributed by atoms with Gasteiger partial charge in [-0.25, -0.2) is 4.39 Å². The van der Waals surface area contributed by atoms with Gasteiger partial charge in [-0.15, -0.1) is 6.58 Å². The summed E-state index contributed by atoms with van der Waals surface area (Å²) in [6, 6.07) is 0. The lowest BCUT2D eigenvalue weighted by molar-refractivity contribution is -0.220. The molecular weight excluding hydrogens is 250 g/mol. The second-order valence-corrected chi connectivity index (χ2v) is 3.48. The quantitative estimate of drug-likeness (QED) is 0.567. The van der Waals surface area contributed by atoms with Crippen LogP contribution < -0.4 is 0 Å². The van der Waals surface area contributed by atoms with Crippen LogP contribution in [0.3, 0.4) is 0 Å². The van der Waals surface area contributed by atoms with E-state index >= 15 is 0 Å². The van der Waals surface area contributed by atoms with Gasteiger partial charge >= 0.3 is 12.3 Å². The molecule has 0 aromatic rings. The smallest absolute Gasteiger partial charge is 0.383 e. The maximum atomic E-state index is 12.6. The van der Waals surface area contributed by atoms with Crippen molar-refractivity contribution < 1.29 is 31.4 Å². The SMILES string of the molecule is C=CCCC(CC(F)=C(F)F)C(O)C(F)(F)F. The molecule has 0 fully saturated rings. The summed E-state index contributed by atoms with van der Waals surface area (Å²) in [5.41, 5.74) is 0. The maximum absolute atomic E-state index is 12.6. The van der Waals surface area contributed by atoms with Gasteiger partial charge in [-0.1, -0.05) is 6.08 Å². The van der Waals surface area contributed by atoms with Crippen LogP contribution >= 0.6 is 0 Å². The highest BCUT2D eigenvalue weighted by molar-refractivity contribution is 4.96. The minimum absolute atomic E-state index is 0.0684. The highest BCUT2D eigenvalue weighted by Crippen LogP contribution is 2.33. The van der Waals surface area contributed by atoms with Crippen molar-refractivity contribution in [1.82, 2.24) is 0 Å². The summed E-state index contributed by atoms with van der Waals surface area (Å²) in [4.78, 5) is 0. The minimum Gasteiger partial charge on any atom is -0.383 e. The summed E-state index contributed by atoms with van der Waals surface area (Å²) >= 11 is 0. The zero-order chi connectivity index (χ0) is 13.6. The van der Waals surface area contributed by atoms with Gasteiger partial charge in [-0.2, -0.15) is 22.0 Å². The molecule has 1 nitrogen and oxygen atoms in total. The first-order chi connectivity index (χ1) is 7.70. The summed E-state index contributed by atoms with van der Waals surface area (Å²) < 4.78 is 72.7. The molecule has 0 amide bonds. The summed E-state index contributed by atoms with van der Waals surface area (Å²) in [6.45, 7) is 3.25. The van der Waals surface area contributed by atoms with Crippen molar-refractivity contribution in [3.05, 3.63) is 24.6 Å². The lowest BCUT2D eigenvalue weighted by Gasteiger charge is -2.23. The van der Waals surface area contributed by atoms with Crippen LogP contribution in [0.4, 0.5) is 26.3 Å². The molecule has 0 aromatic carbocycles. The van der Waals surface area contributed by atoms with Crippen molar-refractivity contribution in [3.63, 3.8) is 0 Å². The molecule has 0 aliphatic carbocycles. The minimum atomic E-state index is -4.96. The van der Waals surface area contributed by atoms with Crippen LogP contribution in [-0.2, 0) is 0 Å². The van der Waals surface area contributed by atoms with Gasteiger partial charge in [0, 0.05) is 12.3 Å². The number of rotatable bonds is 6. The fraction of sp³-hybridized carbons (Fsp3) is 0.600. The molecule has 0 rings (SSSR count). The Kier molecular flexibility index (Phi) is 6.30. The Hall–Kier alpha value is -0.980. The van der Waals surface area contributed by atoms with Crippen LogP contribution in [0.15, 0.2) is 24.6 Å².